The van der Waals surface area contributed by atoms with Gasteiger partial charge in [0.2, 0.25) is 0 Å². The minimum atomic E-state index is -0.285. The number of hydrogen-bond donors (Lipinski definition) is 2. The van der Waals surface area contributed by atoms with E-state index in [0.717, 1.165) is 5.56 Å². The van der Waals surface area contributed by atoms with Crippen LogP contribution in [0.4, 0.5) is 0 Å². The van der Waals surface area contributed by atoms with Crippen LogP contribution in [0, 0.1) is 6.92 Å². The minimum absolute atomic E-state index is 0. The predicted octanol–water partition coefficient (Wildman–Crippen LogP) is -0.666. The van der Waals surface area contributed by atoms with Crippen LogP contribution in [-0.4, -0.2) is 11.1 Å². The average Bonchev–Trinajstić information content (AvgIpc) is 2.02. The van der Waals surface area contributed by atoms with Gasteiger partial charge in [0.25, 0.3) is 0 Å². The molecule has 0 heterocycles. The number of benzene rings is 1. The monoisotopic (exact) mass is 214 g/mol. The van der Waals surface area contributed by atoms with Crippen molar-refractivity contribution in [2.45, 2.75) is 38.8 Å². The SMILES string of the molecule is CC(C)(N)C(C)(C)N.[CH2-]c1ccccc1.[Li+]. The Morgan fingerprint density at radius 2 is 1.19 bits per heavy atom. The molecule has 0 fully saturated rings. The maximum Gasteiger partial charge on any atom is 1.00 e. The van der Waals surface area contributed by atoms with Gasteiger partial charge in [-0.1, -0.05) is 6.07 Å². The number of hydrogen-bond acceptors (Lipinski definition) is 2. The normalized spacial score (nSPS) is 10.9. The van der Waals surface area contributed by atoms with Gasteiger partial charge in [-0.3, -0.25) is 0 Å². The summed E-state index contributed by atoms with van der Waals surface area (Å²) in [6, 6.07) is 9.87. The molecule has 0 saturated carbocycles. The molecule has 1 rings (SSSR count). The van der Waals surface area contributed by atoms with Crippen molar-refractivity contribution < 1.29 is 18.9 Å². The van der Waals surface area contributed by atoms with E-state index in [1.54, 1.807) is 0 Å². The van der Waals surface area contributed by atoms with Crippen molar-refractivity contribution in [2.24, 2.45) is 11.5 Å². The van der Waals surface area contributed by atoms with E-state index in [1.165, 1.54) is 0 Å². The first-order chi connectivity index (χ1) is 6.64. The van der Waals surface area contributed by atoms with Crippen LogP contribution in [0.1, 0.15) is 33.3 Å². The van der Waals surface area contributed by atoms with E-state index in [9.17, 15) is 0 Å². The zero-order chi connectivity index (χ0) is 12.1. The molecule has 1 aromatic carbocycles. The molecule has 0 spiro atoms. The summed E-state index contributed by atoms with van der Waals surface area (Å²) in [5, 5.41) is 0. The summed E-state index contributed by atoms with van der Waals surface area (Å²) in [7, 11) is 0. The third kappa shape index (κ3) is 7.84. The van der Waals surface area contributed by atoms with E-state index < -0.39 is 0 Å². The summed E-state index contributed by atoms with van der Waals surface area (Å²) in [6.45, 7) is 11.4. The van der Waals surface area contributed by atoms with Gasteiger partial charge in [-0.2, -0.15) is 24.6 Å². The van der Waals surface area contributed by atoms with Gasteiger partial charge in [-0.25, -0.2) is 0 Å². The maximum atomic E-state index is 5.69. The Hall–Kier alpha value is -0.393. The van der Waals surface area contributed by atoms with Crippen LogP contribution in [0.3, 0.4) is 0 Å². The fourth-order valence-corrected chi connectivity index (χ4v) is 0.478. The van der Waals surface area contributed by atoms with Gasteiger partial charge in [0.05, 0.1) is 0 Å². The average molecular weight is 214 g/mol. The van der Waals surface area contributed by atoms with Gasteiger partial charge in [0.15, 0.2) is 0 Å². The Morgan fingerprint density at radius 3 is 1.31 bits per heavy atom. The molecule has 1 aromatic rings. The van der Waals surface area contributed by atoms with Gasteiger partial charge in [0, 0.05) is 11.1 Å². The van der Waals surface area contributed by atoms with E-state index in [-0.39, 0.29) is 29.9 Å². The molecule has 86 valence electrons. The molecule has 0 aromatic heterocycles. The fourth-order valence-electron chi connectivity index (χ4n) is 0.478. The summed E-state index contributed by atoms with van der Waals surface area (Å²) >= 11 is 0. The molecule has 0 radical (unpaired) electrons. The fraction of sp³-hybridized carbons (Fsp3) is 0.462. The van der Waals surface area contributed by atoms with Crippen LogP contribution in [0.25, 0.3) is 0 Å². The molecule has 0 aliphatic rings. The van der Waals surface area contributed by atoms with E-state index in [0.29, 0.717) is 0 Å². The first kappa shape index (κ1) is 18.0. The summed E-state index contributed by atoms with van der Waals surface area (Å²) in [4.78, 5) is 0. The molecule has 0 aliphatic carbocycles. The first-order valence-electron chi connectivity index (χ1n) is 5.09. The summed E-state index contributed by atoms with van der Waals surface area (Å²) in [5.74, 6) is 0. The van der Waals surface area contributed by atoms with Crippen molar-refractivity contribution >= 4 is 0 Å². The molecule has 0 unspecified atom stereocenters. The Labute approximate surface area is 112 Å². The van der Waals surface area contributed by atoms with Crippen molar-refractivity contribution in [1.82, 2.24) is 0 Å². The molecule has 0 amide bonds. The van der Waals surface area contributed by atoms with Crippen molar-refractivity contribution in [2.75, 3.05) is 0 Å². The maximum absolute atomic E-state index is 5.69. The Morgan fingerprint density at radius 1 is 0.875 bits per heavy atom. The molecule has 2 nitrogen and oxygen atoms in total. The van der Waals surface area contributed by atoms with Crippen LogP contribution in [0.5, 0.6) is 0 Å². The van der Waals surface area contributed by atoms with E-state index in [4.69, 9.17) is 11.5 Å². The molecule has 3 heteroatoms. The topological polar surface area (TPSA) is 52.0 Å². The van der Waals surface area contributed by atoms with Crippen molar-refractivity contribution in [1.29, 1.82) is 0 Å². The van der Waals surface area contributed by atoms with Gasteiger partial charge >= 0.3 is 18.9 Å². The predicted molar refractivity (Wildman–Crippen MR) is 67.4 cm³/mol. The molecular weight excluding hydrogens is 191 g/mol. The third-order valence-corrected chi connectivity index (χ3v) is 2.50. The van der Waals surface area contributed by atoms with Crippen LogP contribution in [0.15, 0.2) is 30.3 Å². The number of rotatable bonds is 1. The molecule has 16 heavy (non-hydrogen) atoms. The second-order valence-electron chi connectivity index (χ2n) is 4.93. The second kappa shape index (κ2) is 7.04. The molecule has 0 bridgehead atoms. The van der Waals surface area contributed by atoms with Gasteiger partial charge in [-0.15, -0.1) is 12.1 Å². The molecule has 0 saturated heterocycles. The zero-order valence-electron chi connectivity index (χ0n) is 11.2. The molecule has 0 atom stereocenters. The number of nitrogens with two attached hydrogens (primary N) is 2. The van der Waals surface area contributed by atoms with E-state index in [1.807, 2.05) is 58.0 Å². The molecular formula is C13H23LiN2. The largest absolute Gasteiger partial charge is 1.00 e. The summed E-state index contributed by atoms with van der Waals surface area (Å²) in [5.41, 5.74) is 11.9. The van der Waals surface area contributed by atoms with Crippen LogP contribution >= 0.6 is 0 Å². The van der Waals surface area contributed by atoms with Crippen LogP contribution in [0.2, 0.25) is 0 Å². The van der Waals surface area contributed by atoms with Crippen LogP contribution < -0.4 is 30.3 Å². The smallest absolute Gasteiger partial charge is 0.324 e. The molecule has 0 aliphatic heterocycles. The summed E-state index contributed by atoms with van der Waals surface area (Å²) < 4.78 is 0. The van der Waals surface area contributed by atoms with Crippen molar-refractivity contribution in [3.8, 4) is 0 Å². The van der Waals surface area contributed by atoms with E-state index in [2.05, 4.69) is 6.92 Å². The minimum Gasteiger partial charge on any atom is -0.324 e. The molecule has 4 N–H and O–H groups in total. The standard InChI is InChI=1S/C7H7.C6H16N2.Li/c1-7-5-3-2-4-6-7;1-5(2,7)6(3,4)8;/h2-6H,1H2;7-8H2,1-4H3;/q-1;;+1. The van der Waals surface area contributed by atoms with E-state index >= 15 is 0 Å². The van der Waals surface area contributed by atoms with Gasteiger partial charge in [-0.05, 0) is 27.7 Å². The quantitative estimate of drug-likeness (QED) is 0.481. The van der Waals surface area contributed by atoms with Gasteiger partial charge in [0.1, 0.15) is 0 Å². The van der Waals surface area contributed by atoms with Crippen LogP contribution in [-0.2, 0) is 0 Å². The van der Waals surface area contributed by atoms with Crippen molar-refractivity contribution in [3.05, 3.63) is 42.8 Å². The second-order valence-corrected chi connectivity index (χ2v) is 4.93. The third-order valence-electron chi connectivity index (χ3n) is 2.50. The zero-order valence-corrected chi connectivity index (χ0v) is 11.2. The van der Waals surface area contributed by atoms with Gasteiger partial charge < -0.3 is 11.5 Å². The Bertz CT molecular complexity index is 258. The Balaban J connectivity index is 0. The van der Waals surface area contributed by atoms with Crippen molar-refractivity contribution in [3.63, 3.8) is 0 Å². The first-order valence-corrected chi connectivity index (χ1v) is 5.09. The Kier molecular flexibility index (Phi) is 7.91. The summed E-state index contributed by atoms with van der Waals surface area (Å²) in [6.07, 6.45) is 0.